The van der Waals surface area contributed by atoms with Gasteiger partial charge in [0, 0.05) is 11.8 Å². The zero-order valence-electron chi connectivity index (χ0n) is 12.0. The molecule has 0 saturated heterocycles. The summed E-state index contributed by atoms with van der Waals surface area (Å²) in [5.41, 5.74) is 0.349. The summed E-state index contributed by atoms with van der Waals surface area (Å²) in [7, 11) is 0. The molecule has 2 rings (SSSR count). The van der Waals surface area contributed by atoms with Gasteiger partial charge in [-0.25, -0.2) is 0 Å². The highest BCUT2D eigenvalue weighted by Crippen LogP contribution is 2.32. The minimum Gasteiger partial charge on any atom is -0.394 e. The van der Waals surface area contributed by atoms with Gasteiger partial charge in [-0.3, -0.25) is 5.32 Å². The summed E-state index contributed by atoms with van der Waals surface area (Å²) in [6.07, 6.45) is 2.27. The zero-order valence-corrected chi connectivity index (χ0v) is 12.9. The zero-order chi connectivity index (χ0) is 15.1. The molecule has 0 aromatic heterocycles. The minimum atomic E-state index is -0.681. The largest absolute Gasteiger partial charge is 0.394 e. The quantitative estimate of drug-likeness (QED) is 0.605. The van der Waals surface area contributed by atoms with Crippen LogP contribution in [-0.2, 0) is 5.54 Å². The Labute approximate surface area is 130 Å². The number of benzene rings is 1. The fourth-order valence-corrected chi connectivity index (χ4v) is 3.24. The lowest BCUT2D eigenvalue weighted by Gasteiger charge is -2.29. The molecule has 0 heterocycles. The second-order valence-electron chi connectivity index (χ2n) is 5.46. The normalized spacial score (nSPS) is 18.7. The highest BCUT2D eigenvalue weighted by molar-refractivity contribution is 7.99. The van der Waals surface area contributed by atoms with Gasteiger partial charge < -0.3 is 10.2 Å². The summed E-state index contributed by atoms with van der Waals surface area (Å²) in [5, 5.41) is 31.4. The van der Waals surface area contributed by atoms with E-state index in [0.717, 1.165) is 24.2 Å². The summed E-state index contributed by atoms with van der Waals surface area (Å²) in [6, 6.07) is 12.8. The molecule has 2 atom stereocenters. The molecule has 1 aromatic rings. The second-order valence-corrected chi connectivity index (χ2v) is 6.61. The summed E-state index contributed by atoms with van der Waals surface area (Å²) in [6.45, 7) is -0.213. The van der Waals surface area contributed by atoms with Crippen LogP contribution in [0.25, 0.3) is 0 Å². The lowest BCUT2D eigenvalue weighted by molar-refractivity contribution is 0.113. The highest BCUT2D eigenvalue weighted by atomic mass is 32.2. The molecule has 0 radical (unpaired) electrons. The summed E-state index contributed by atoms with van der Waals surface area (Å²) in [4.78, 5) is 0. The van der Waals surface area contributed by atoms with Crippen molar-refractivity contribution in [1.29, 1.82) is 5.26 Å². The maximum Gasteiger partial charge on any atom is 0.133 e. The van der Waals surface area contributed by atoms with Crippen molar-refractivity contribution in [1.82, 2.24) is 5.32 Å². The molecule has 1 fully saturated rings. The number of nitrogens with zero attached hydrogens (tertiary/aromatic N) is 1. The van der Waals surface area contributed by atoms with Gasteiger partial charge in [0.15, 0.2) is 0 Å². The first-order chi connectivity index (χ1) is 10.2. The summed E-state index contributed by atoms with van der Waals surface area (Å²) in [5.74, 6) is 1.26. The third-order valence-corrected chi connectivity index (χ3v) is 4.74. The highest BCUT2D eigenvalue weighted by Gasteiger charge is 2.37. The van der Waals surface area contributed by atoms with E-state index < -0.39 is 11.6 Å². The lowest BCUT2D eigenvalue weighted by atomic mass is 9.88. The number of rotatable bonds is 9. The average molecular weight is 306 g/mol. The topological polar surface area (TPSA) is 76.3 Å². The van der Waals surface area contributed by atoms with E-state index in [1.807, 2.05) is 30.3 Å². The molecule has 2 unspecified atom stereocenters. The van der Waals surface area contributed by atoms with Crippen molar-refractivity contribution in [3.63, 3.8) is 0 Å². The maximum absolute atomic E-state index is 9.75. The first-order valence-electron chi connectivity index (χ1n) is 7.31. The third kappa shape index (κ3) is 4.72. The first kappa shape index (κ1) is 16.3. The van der Waals surface area contributed by atoms with E-state index in [-0.39, 0.29) is 6.61 Å². The predicted molar refractivity (Wildman–Crippen MR) is 84.9 cm³/mol. The van der Waals surface area contributed by atoms with E-state index in [1.54, 1.807) is 11.8 Å². The number of nitrogens with one attached hydrogen (secondary N) is 1. The van der Waals surface area contributed by atoms with Gasteiger partial charge in [0.25, 0.3) is 0 Å². The average Bonchev–Trinajstić information content (AvgIpc) is 3.34. The number of thioether (sulfide) groups is 1. The maximum atomic E-state index is 9.75. The molecule has 5 heteroatoms. The van der Waals surface area contributed by atoms with Crippen LogP contribution in [0.15, 0.2) is 30.3 Å². The number of nitriles is 1. The number of hydrogen-bond donors (Lipinski definition) is 3. The molecular formula is C16H22N2O2S. The Morgan fingerprint density at radius 3 is 2.67 bits per heavy atom. The van der Waals surface area contributed by atoms with Crippen LogP contribution in [-0.4, -0.2) is 40.5 Å². The van der Waals surface area contributed by atoms with Crippen molar-refractivity contribution in [3.05, 3.63) is 35.9 Å². The smallest absolute Gasteiger partial charge is 0.133 e. The van der Waals surface area contributed by atoms with Gasteiger partial charge in [-0.2, -0.15) is 17.0 Å². The van der Waals surface area contributed by atoms with Gasteiger partial charge in [-0.1, -0.05) is 30.3 Å². The lowest BCUT2D eigenvalue weighted by Crippen LogP contribution is -2.43. The summed E-state index contributed by atoms with van der Waals surface area (Å²) >= 11 is 1.57. The van der Waals surface area contributed by atoms with Gasteiger partial charge in [0.1, 0.15) is 5.54 Å². The van der Waals surface area contributed by atoms with E-state index in [9.17, 15) is 10.4 Å². The Morgan fingerprint density at radius 2 is 2.10 bits per heavy atom. The number of aliphatic hydroxyl groups excluding tert-OH is 2. The van der Waals surface area contributed by atoms with Crippen LogP contribution in [0, 0.1) is 11.3 Å². The molecule has 3 N–H and O–H groups in total. The second kappa shape index (κ2) is 7.81. The molecule has 1 aliphatic carbocycles. The van der Waals surface area contributed by atoms with E-state index in [1.165, 1.54) is 0 Å². The molecule has 114 valence electrons. The molecular weight excluding hydrogens is 284 g/mol. The van der Waals surface area contributed by atoms with Crippen LogP contribution in [0.2, 0.25) is 0 Å². The van der Waals surface area contributed by atoms with E-state index in [2.05, 4.69) is 11.4 Å². The molecule has 1 aromatic carbocycles. The van der Waals surface area contributed by atoms with Crippen LogP contribution >= 0.6 is 11.8 Å². The minimum absolute atomic E-state index is 0.213. The van der Waals surface area contributed by atoms with Crippen LogP contribution in [0.4, 0.5) is 0 Å². The van der Waals surface area contributed by atoms with Crippen molar-refractivity contribution in [3.8, 4) is 6.07 Å². The van der Waals surface area contributed by atoms with Crippen molar-refractivity contribution >= 4 is 11.8 Å². The third-order valence-electron chi connectivity index (χ3n) is 3.63. The van der Waals surface area contributed by atoms with E-state index in [4.69, 9.17) is 5.11 Å². The Balaban J connectivity index is 2.00. The molecule has 1 saturated carbocycles. The number of hydrogen-bond acceptors (Lipinski definition) is 5. The Bertz CT molecular complexity index is 473. The monoisotopic (exact) mass is 306 g/mol. The Kier molecular flexibility index (Phi) is 6.07. The van der Waals surface area contributed by atoms with Crippen molar-refractivity contribution < 1.29 is 10.2 Å². The predicted octanol–water partition coefficient (Wildman–Crippen LogP) is 1.63. The molecule has 21 heavy (non-hydrogen) atoms. The molecule has 0 bridgehead atoms. The first-order valence-corrected chi connectivity index (χ1v) is 8.47. The van der Waals surface area contributed by atoms with Gasteiger partial charge in [-0.15, -0.1) is 0 Å². The van der Waals surface area contributed by atoms with Crippen molar-refractivity contribution in [2.75, 3.05) is 18.1 Å². The standard InChI is InChI=1S/C16H22N2O2S/c17-12-16(18-14-6-7-14,13-4-2-1-3-5-13)8-9-21-11-15(20)10-19/h1-5,14-15,18-20H,6-11H2. The summed E-state index contributed by atoms with van der Waals surface area (Å²) < 4.78 is 0. The molecule has 0 aliphatic heterocycles. The van der Waals surface area contributed by atoms with Crippen LogP contribution in [0.3, 0.4) is 0 Å². The van der Waals surface area contributed by atoms with Gasteiger partial charge in [-0.05, 0) is 30.6 Å². The molecule has 1 aliphatic rings. The Morgan fingerprint density at radius 1 is 1.38 bits per heavy atom. The molecule has 0 amide bonds. The van der Waals surface area contributed by atoms with Crippen LogP contribution < -0.4 is 5.32 Å². The fourth-order valence-electron chi connectivity index (χ4n) is 2.25. The van der Waals surface area contributed by atoms with E-state index >= 15 is 0 Å². The van der Waals surface area contributed by atoms with Crippen LogP contribution in [0.1, 0.15) is 24.8 Å². The SMILES string of the molecule is N#CC(CCSCC(O)CO)(NC1CC1)c1ccccc1. The van der Waals surface area contributed by atoms with Crippen molar-refractivity contribution in [2.24, 2.45) is 0 Å². The van der Waals surface area contributed by atoms with Gasteiger partial charge in [0.2, 0.25) is 0 Å². The van der Waals surface area contributed by atoms with Crippen LogP contribution in [0.5, 0.6) is 0 Å². The van der Waals surface area contributed by atoms with Gasteiger partial charge >= 0.3 is 0 Å². The Hall–Kier alpha value is -1.06. The molecule has 4 nitrogen and oxygen atoms in total. The fraction of sp³-hybridized carbons (Fsp3) is 0.562. The van der Waals surface area contributed by atoms with Crippen molar-refractivity contribution in [2.45, 2.75) is 36.9 Å². The van der Waals surface area contributed by atoms with Gasteiger partial charge in [0.05, 0.1) is 18.8 Å². The molecule has 0 spiro atoms. The van der Waals surface area contributed by atoms with E-state index in [0.29, 0.717) is 18.2 Å². The number of aliphatic hydroxyl groups is 2.